The highest BCUT2D eigenvalue weighted by atomic mass is 19.1. The van der Waals surface area contributed by atoms with Crippen molar-refractivity contribution in [2.45, 2.75) is 46.2 Å². The summed E-state index contributed by atoms with van der Waals surface area (Å²) in [6.07, 6.45) is 7.01. The van der Waals surface area contributed by atoms with Crippen LogP contribution in [0.5, 0.6) is 0 Å². The van der Waals surface area contributed by atoms with Crippen molar-refractivity contribution in [3.63, 3.8) is 0 Å². The third kappa shape index (κ3) is 3.90. The third-order valence-electron chi connectivity index (χ3n) is 5.02. The minimum atomic E-state index is -0.237. The van der Waals surface area contributed by atoms with Crippen LogP contribution in [0.3, 0.4) is 0 Å². The zero-order valence-electron chi connectivity index (χ0n) is 15.8. The van der Waals surface area contributed by atoms with Gasteiger partial charge in [0.15, 0.2) is 0 Å². The third-order valence-corrected chi connectivity index (χ3v) is 5.02. The summed E-state index contributed by atoms with van der Waals surface area (Å²) < 4.78 is 15.0. The summed E-state index contributed by atoms with van der Waals surface area (Å²) in [5, 5.41) is 4.60. The molecule has 6 heteroatoms. The van der Waals surface area contributed by atoms with Crippen LogP contribution < -0.4 is 0 Å². The molecule has 140 valence electrons. The summed E-state index contributed by atoms with van der Waals surface area (Å²) >= 11 is 0. The smallest absolute Gasteiger partial charge is 0.128 e. The van der Waals surface area contributed by atoms with Gasteiger partial charge < -0.3 is 0 Å². The van der Waals surface area contributed by atoms with E-state index in [4.69, 9.17) is 4.98 Å². The van der Waals surface area contributed by atoms with Crippen LogP contribution in [0.15, 0.2) is 36.7 Å². The molecule has 0 atom stereocenters. The van der Waals surface area contributed by atoms with E-state index in [-0.39, 0.29) is 5.82 Å². The maximum absolute atomic E-state index is 13.1. The highest BCUT2D eigenvalue weighted by molar-refractivity contribution is 5.33. The summed E-state index contributed by atoms with van der Waals surface area (Å²) in [5.41, 5.74) is 5.48. The molecular formula is C21H24FN5. The molecule has 0 spiro atoms. The Morgan fingerprint density at radius 1 is 1.19 bits per heavy atom. The Morgan fingerprint density at radius 3 is 2.78 bits per heavy atom. The molecule has 4 rings (SSSR count). The number of fused-ring (bicyclic) bond motifs is 1. The molecule has 0 bridgehead atoms. The van der Waals surface area contributed by atoms with Crippen molar-refractivity contribution < 1.29 is 4.39 Å². The highest BCUT2D eigenvalue weighted by Gasteiger charge is 2.20. The van der Waals surface area contributed by atoms with Gasteiger partial charge in [0, 0.05) is 61.7 Å². The van der Waals surface area contributed by atoms with Crippen molar-refractivity contribution in [3.8, 4) is 5.69 Å². The van der Waals surface area contributed by atoms with E-state index in [1.807, 2.05) is 24.0 Å². The van der Waals surface area contributed by atoms with E-state index in [1.165, 1.54) is 29.0 Å². The minimum Gasteiger partial charge on any atom is -0.294 e. The SMILES string of the molecule is CCCc1ncc2c(n1)CCN(Cc1cn(-c3ccc(F)cc3)nc1C)C2. The van der Waals surface area contributed by atoms with Crippen molar-refractivity contribution in [2.75, 3.05) is 6.54 Å². The van der Waals surface area contributed by atoms with E-state index < -0.39 is 0 Å². The number of rotatable bonds is 5. The van der Waals surface area contributed by atoms with Gasteiger partial charge in [0.2, 0.25) is 0 Å². The maximum atomic E-state index is 13.1. The summed E-state index contributed by atoms with van der Waals surface area (Å²) in [4.78, 5) is 11.6. The lowest BCUT2D eigenvalue weighted by atomic mass is 10.1. The summed E-state index contributed by atoms with van der Waals surface area (Å²) in [5.74, 6) is 0.722. The molecule has 0 fully saturated rings. The van der Waals surface area contributed by atoms with Gasteiger partial charge in [-0.2, -0.15) is 5.10 Å². The number of hydrogen-bond acceptors (Lipinski definition) is 4. The van der Waals surface area contributed by atoms with Crippen LogP contribution in [0.4, 0.5) is 4.39 Å². The van der Waals surface area contributed by atoms with Crippen LogP contribution in [0.25, 0.3) is 5.69 Å². The first-order chi connectivity index (χ1) is 13.1. The molecule has 27 heavy (non-hydrogen) atoms. The number of halogens is 1. The van der Waals surface area contributed by atoms with E-state index in [2.05, 4.69) is 21.9 Å². The second kappa shape index (κ2) is 7.56. The van der Waals surface area contributed by atoms with Gasteiger partial charge >= 0.3 is 0 Å². The predicted octanol–water partition coefficient (Wildman–Crippen LogP) is 3.62. The molecule has 3 heterocycles. The monoisotopic (exact) mass is 365 g/mol. The quantitative estimate of drug-likeness (QED) is 0.693. The average Bonchev–Trinajstić information content (AvgIpc) is 3.03. The number of aryl methyl sites for hydroxylation is 2. The molecule has 0 radical (unpaired) electrons. The molecule has 0 unspecified atom stereocenters. The van der Waals surface area contributed by atoms with E-state index in [0.29, 0.717) is 0 Å². The zero-order valence-corrected chi connectivity index (χ0v) is 15.8. The van der Waals surface area contributed by atoms with Crippen LogP contribution in [-0.2, 0) is 25.9 Å². The molecule has 1 aromatic carbocycles. The first-order valence-electron chi connectivity index (χ1n) is 9.49. The largest absolute Gasteiger partial charge is 0.294 e. The standard InChI is InChI=1S/C21H24FN5/c1-3-4-21-23-11-16-12-26(10-9-20(16)24-21)13-17-14-27(25-15(17)2)19-7-5-18(22)6-8-19/h5-8,11,14H,3-4,9-10,12-13H2,1-2H3. The second-order valence-electron chi connectivity index (χ2n) is 7.13. The Bertz CT molecular complexity index is 932. The maximum Gasteiger partial charge on any atom is 0.128 e. The molecule has 1 aliphatic heterocycles. The fourth-order valence-electron chi connectivity index (χ4n) is 3.51. The van der Waals surface area contributed by atoms with Crippen LogP contribution in [0.1, 0.15) is 41.7 Å². The summed E-state index contributed by atoms with van der Waals surface area (Å²) in [6.45, 7) is 6.86. The second-order valence-corrected chi connectivity index (χ2v) is 7.13. The Morgan fingerprint density at radius 2 is 2.00 bits per heavy atom. The highest BCUT2D eigenvalue weighted by Crippen LogP contribution is 2.21. The number of benzene rings is 1. The van der Waals surface area contributed by atoms with Crippen molar-refractivity contribution >= 4 is 0 Å². The van der Waals surface area contributed by atoms with Gasteiger partial charge in [-0.05, 0) is 37.6 Å². The van der Waals surface area contributed by atoms with Crippen molar-refractivity contribution in [1.82, 2.24) is 24.6 Å². The molecule has 2 aromatic heterocycles. The van der Waals surface area contributed by atoms with Gasteiger partial charge in [-0.1, -0.05) is 6.92 Å². The lowest BCUT2D eigenvalue weighted by Crippen LogP contribution is -2.31. The Balaban J connectivity index is 1.48. The molecule has 0 aliphatic carbocycles. The van der Waals surface area contributed by atoms with Crippen molar-refractivity contribution in [3.05, 3.63) is 70.8 Å². The average molecular weight is 365 g/mol. The molecule has 0 saturated carbocycles. The van der Waals surface area contributed by atoms with Gasteiger partial charge in [-0.25, -0.2) is 19.0 Å². The van der Waals surface area contributed by atoms with Gasteiger partial charge in [-0.3, -0.25) is 4.90 Å². The molecule has 0 amide bonds. The molecule has 5 nitrogen and oxygen atoms in total. The van der Waals surface area contributed by atoms with E-state index in [9.17, 15) is 4.39 Å². The van der Waals surface area contributed by atoms with Gasteiger partial charge in [0.05, 0.1) is 11.4 Å². The van der Waals surface area contributed by atoms with Crippen LogP contribution in [-0.4, -0.2) is 31.2 Å². The topological polar surface area (TPSA) is 46.8 Å². The normalized spacial score (nSPS) is 14.3. The molecule has 0 N–H and O–H groups in total. The van der Waals surface area contributed by atoms with Crippen molar-refractivity contribution in [1.29, 1.82) is 0 Å². The predicted molar refractivity (Wildman–Crippen MR) is 102 cm³/mol. The zero-order chi connectivity index (χ0) is 18.8. The summed E-state index contributed by atoms with van der Waals surface area (Å²) in [7, 11) is 0. The lowest BCUT2D eigenvalue weighted by molar-refractivity contribution is 0.242. The lowest BCUT2D eigenvalue weighted by Gasteiger charge is -2.27. The van der Waals surface area contributed by atoms with E-state index >= 15 is 0 Å². The minimum absolute atomic E-state index is 0.237. The van der Waals surface area contributed by atoms with Crippen LogP contribution in [0.2, 0.25) is 0 Å². The van der Waals surface area contributed by atoms with Crippen molar-refractivity contribution in [2.24, 2.45) is 0 Å². The number of hydrogen-bond donors (Lipinski definition) is 0. The Hall–Kier alpha value is -2.60. The van der Waals surface area contributed by atoms with Crippen LogP contribution in [0, 0.1) is 12.7 Å². The van der Waals surface area contributed by atoms with Gasteiger partial charge in [0.1, 0.15) is 11.6 Å². The molecule has 1 aliphatic rings. The van der Waals surface area contributed by atoms with E-state index in [1.54, 1.807) is 12.1 Å². The molecule has 3 aromatic rings. The number of nitrogens with zero attached hydrogens (tertiary/aromatic N) is 5. The Labute approximate surface area is 158 Å². The van der Waals surface area contributed by atoms with Crippen LogP contribution >= 0.6 is 0 Å². The fraction of sp³-hybridized carbons (Fsp3) is 0.381. The molecular weight excluding hydrogens is 341 g/mol. The fourth-order valence-corrected chi connectivity index (χ4v) is 3.51. The number of aromatic nitrogens is 4. The first-order valence-corrected chi connectivity index (χ1v) is 9.49. The van der Waals surface area contributed by atoms with Gasteiger partial charge in [0.25, 0.3) is 0 Å². The Kier molecular flexibility index (Phi) is 4.99. The molecule has 0 saturated heterocycles. The summed E-state index contributed by atoms with van der Waals surface area (Å²) in [6, 6.07) is 6.41. The van der Waals surface area contributed by atoms with E-state index in [0.717, 1.165) is 56.1 Å². The first kappa shape index (κ1) is 17.8. The van der Waals surface area contributed by atoms with Gasteiger partial charge in [-0.15, -0.1) is 0 Å².